The number of pyridine rings is 6. The number of nitrogens with one attached hydrogen (secondary N) is 7. The van der Waals surface area contributed by atoms with Crippen molar-refractivity contribution in [2.75, 3.05) is 94.4 Å². The van der Waals surface area contributed by atoms with Gasteiger partial charge in [-0.3, -0.25) is 59.4 Å². The minimum Gasteiger partial charge on any atom is -0.385 e. The van der Waals surface area contributed by atoms with E-state index >= 15 is 0 Å². The molecule has 17 N–H and O–H groups in total. The molecular formula is C104H125N25O8. The van der Waals surface area contributed by atoms with Crippen LogP contribution in [0.1, 0.15) is 126 Å². The molecule has 18 aromatic rings. The van der Waals surface area contributed by atoms with E-state index in [2.05, 4.69) is 153 Å². The number of nitrogens with zero attached hydrogens (tertiary/aromatic N) is 13. The normalized spacial score (nSPS) is 11.4. The summed E-state index contributed by atoms with van der Waals surface area (Å²) in [4.78, 5) is 79.3. The van der Waals surface area contributed by atoms with Gasteiger partial charge in [-0.25, -0.2) is 0 Å². The lowest BCUT2D eigenvalue weighted by molar-refractivity contribution is 0.195. The molecule has 6 aromatic carbocycles. The van der Waals surface area contributed by atoms with Crippen molar-refractivity contribution in [1.82, 2.24) is 98.8 Å². The molecule has 0 amide bonds. The third kappa shape index (κ3) is 21.4. The van der Waals surface area contributed by atoms with Crippen LogP contribution in [0.4, 0.5) is 0 Å². The number of hydrogen-bond acceptors (Lipinski definition) is 21. The van der Waals surface area contributed by atoms with Gasteiger partial charge >= 0.3 is 0 Å². The Labute approximate surface area is 791 Å². The first-order valence-electron chi connectivity index (χ1n) is 46.7. The van der Waals surface area contributed by atoms with E-state index in [1.165, 1.54) is 16.7 Å². The van der Waals surface area contributed by atoms with Crippen LogP contribution in [0, 0.1) is 71.7 Å². The number of H-pyrrole nitrogens is 6. The molecule has 0 spiro atoms. The Kier molecular flexibility index (Phi) is 33.9. The number of fused-ring (bicyclic) bond motifs is 18. The zero-order valence-corrected chi connectivity index (χ0v) is 80.2. The fourth-order valence-corrected chi connectivity index (χ4v) is 17.8. The molecule has 0 aliphatic rings. The zero-order chi connectivity index (χ0) is 97.8. The first-order valence-corrected chi connectivity index (χ1v) is 46.7. The summed E-state index contributed by atoms with van der Waals surface area (Å²) in [5.74, 6) is 7.90. The van der Waals surface area contributed by atoms with E-state index in [9.17, 15) is 28.8 Å². The van der Waals surface area contributed by atoms with Crippen molar-refractivity contribution in [1.29, 1.82) is 0 Å². The molecule has 0 saturated carbocycles. The quantitative estimate of drug-likeness (QED) is 0.0142. The first kappa shape index (κ1) is 100. The maximum atomic E-state index is 13.0. The minimum absolute atomic E-state index is 0.00156. The van der Waals surface area contributed by atoms with Gasteiger partial charge in [0.2, 0.25) is 0 Å². The molecule has 33 heteroatoms. The second-order valence-corrected chi connectivity index (χ2v) is 34.5. The van der Waals surface area contributed by atoms with Gasteiger partial charge in [-0.15, -0.1) is 19.3 Å². The molecule has 137 heavy (non-hydrogen) atoms. The van der Waals surface area contributed by atoms with Gasteiger partial charge in [0.05, 0.1) is 77.7 Å². The van der Waals surface area contributed by atoms with E-state index in [4.69, 9.17) is 57.4 Å². The third-order valence-electron chi connectivity index (χ3n) is 24.9. The number of hydrogen-bond donors (Lipinski definition) is 12. The number of aromatic amines is 6. The van der Waals surface area contributed by atoms with Gasteiger partial charge in [0.15, 0.2) is 0 Å². The van der Waals surface area contributed by atoms with Crippen LogP contribution in [-0.4, -0.2) is 188 Å². The Bertz CT molecular complexity index is 7960. The van der Waals surface area contributed by atoms with Crippen LogP contribution >= 0.6 is 0 Å². The Hall–Kier alpha value is -14.3. The Balaban J connectivity index is 0.000000139. The van der Waals surface area contributed by atoms with E-state index in [0.29, 0.717) is 134 Å². The molecule has 0 unspecified atom stereocenters. The maximum Gasteiger partial charge on any atom is 0.262 e. The average Bonchev–Trinajstić information content (AvgIpc) is 1.73. The summed E-state index contributed by atoms with van der Waals surface area (Å²) in [6, 6.07) is 35.8. The average molecular weight is 1850 g/mol. The number of nitrogens with two attached hydrogens (primary N) is 5. The van der Waals surface area contributed by atoms with Crippen LogP contribution in [0.25, 0.3) is 131 Å². The largest absolute Gasteiger partial charge is 0.385 e. The van der Waals surface area contributed by atoms with Gasteiger partial charge in [0.25, 0.3) is 33.4 Å². The second-order valence-electron chi connectivity index (χ2n) is 34.5. The van der Waals surface area contributed by atoms with E-state index in [1.807, 2.05) is 127 Å². The second kappa shape index (κ2) is 46.3. The van der Waals surface area contributed by atoms with Crippen LogP contribution < -0.4 is 67.3 Å². The molecular weight excluding hydrogens is 1730 g/mol. The van der Waals surface area contributed by atoms with Crippen molar-refractivity contribution >= 4 is 131 Å². The van der Waals surface area contributed by atoms with Crippen molar-refractivity contribution in [2.45, 2.75) is 158 Å². The molecule has 714 valence electrons. The van der Waals surface area contributed by atoms with E-state index in [0.717, 1.165) is 223 Å². The Morgan fingerprint density at radius 3 is 0.912 bits per heavy atom. The van der Waals surface area contributed by atoms with Gasteiger partial charge in [0, 0.05) is 144 Å². The molecule has 18 rings (SSSR count). The molecule has 0 atom stereocenters. The zero-order valence-electron chi connectivity index (χ0n) is 80.2. The van der Waals surface area contributed by atoms with E-state index < -0.39 is 0 Å². The fraction of sp³-hybridized carbons (Fsp3) is 0.365. The van der Waals surface area contributed by atoms with Crippen molar-refractivity contribution < 1.29 is 9.47 Å². The molecule has 12 heterocycles. The molecule has 12 aromatic heterocycles. The van der Waals surface area contributed by atoms with Gasteiger partial charge in [-0.1, -0.05) is 42.9 Å². The first-order chi connectivity index (χ1) is 66.4. The van der Waals surface area contributed by atoms with Crippen molar-refractivity contribution in [3.63, 3.8) is 0 Å². The highest BCUT2D eigenvalue weighted by atomic mass is 16.5. The van der Waals surface area contributed by atoms with Gasteiger partial charge in [0.1, 0.15) is 33.1 Å². The lowest BCUT2D eigenvalue weighted by Gasteiger charge is -2.13. The summed E-state index contributed by atoms with van der Waals surface area (Å²) in [5, 5.41) is 56.5. The Morgan fingerprint density at radius 2 is 0.620 bits per heavy atom. The SMILES string of the molecule is C#Cc1ccc2c(c1)c1n[nH]c(C)c1c(=O)n2CCCN.C#Cc1ccc2c(c1)c1n[nH]c(C)c1c(=O)n2CCCNC.C#Cc1ccc2c(c1)c1n[nH]c(CCOC)c1c(=O)n2CCCN.CCc1ccc2c(c1)c1n[nH]c(C)c1c(=O)n2CCCN.COCCCc1ccc2c(c1)c1n[nH]c(C)c1c(=O)n2CCCN.Cc1[nH]nc2c1c(=O)n(CCCN)c1ccc(CCCN(C)C)cc21. The van der Waals surface area contributed by atoms with Gasteiger partial charge in [-0.05, 0) is 280 Å². The lowest BCUT2D eigenvalue weighted by Crippen LogP contribution is -2.23. The van der Waals surface area contributed by atoms with Gasteiger partial charge < -0.3 is 75.8 Å². The number of ether oxygens (including phenoxy) is 2. The van der Waals surface area contributed by atoms with E-state index in [-0.39, 0.29) is 33.4 Å². The smallest absolute Gasteiger partial charge is 0.262 e. The maximum absolute atomic E-state index is 13.0. The monoisotopic (exact) mass is 1850 g/mol. The summed E-state index contributed by atoms with van der Waals surface area (Å²) in [7, 11) is 9.43. The summed E-state index contributed by atoms with van der Waals surface area (Å²) in [6.07, 6.45) is 26.8. The number of benzene rings is 6. The summed E-state index contributed by atoms with van der Waals surface area (Å²) in [6.45, 7) is 21.2. The molecule has 0 fully saturated rings. The lowest BCUT2D eigenvalue weighted by atomic mass is 10.0. The molecule has 0 bridgehead atoms. The van der Waals surface area contributed by atoms with Gasteiger partial charge in [-0.2, -0.15) is 30.6 Å². The predicted octanol–water partition coefficient (Wildman–Crippen LogP) is 10.9. The highest BCUT2D eigenvalue weighted by Gasteiger charge is 2.24. The highest BCUT2D eigenvalue weighted by Crippen LogP contribution is 2.32. The topological polar surface area (TPSA) is 468 Å². The minimum atomic E-state index is -0.0562. The van der Waals surface area contributed by atoms with Crippen LogP contribution in [0.3, 0.4) is 0 Å². The number of aromatic nitrogens is 18. The molecule has 0 saturated heterocycles. The highest BCUT2D eigenvalue weighted by molar-refractivity contribution is 6.09. The molecule has 33 nitrogen and oxygen atoms in total. The Morgan fingerprint density at radius 1 is 0.350 bits per heavy atom. The van der Waals surface area contributed by atoms with Crippen LogP contribution in [0.2, 0.25) is 0 Å². The number of rotatable bonds is 31. The molecule has 0 aliphatic carbocycles. The van der Waals surface area contributed by atoms with Crippen LogP contribution in [-0.2, 0) is 74.4 Å². The van der Waals surface area contributed by atoms with Crippen molar-refractivity contribution in [2.24, 2.45) is 28.7 Å². The van der Waals surface area contributed by atoms with Crippen molar-refractivity contribution in [3.8, 4) is 37.0 Å². The predicted molar refractivity (Wildman–Crippen MR) is 554 cm³/mol. The third-order valence-corrected chi connectivity index (χ3v) is 24.9. The van der Waals surface area contributed by atoms with Crippen molar-refractivity contribution in [3.05, 3.63) is 239 Å². The standard InChI is InChI=1S/C19H27N5O.C18H24N4O2.C18H20N4O2.C17H18N4O.C16H20N4O.C16H16N4O/c1-13-17-18(22-21-13)15-12-14(6-4-10-23(2)3)7-8-16(15)24(19(17)25)11-5-9-20;1-12-16-17(21-20-12)14-11-13(5-3-10-24-2)6-7-15(14)22(18(16)23)9-4-8-19;1-3-12-5-6-15-13(11-12)17-16(14(20-21-17)7-10-24-2)18(23)22(15)9-4-8-19;1-4-12-6-7-14-13(10-12)16-15(11(2)19-20-16)17(22)21(14)9-5-8-18-3;2*1-3-11-5-6-13-12(9-11)15-14(10(2)18-19-15)16(21)20(13)8-4-7-17/h7-8,12H,4-6,9-11,20H2,1-3H3,(H,21,22);6-7,11H,3-5,8-10,19H2,1-2H3,(H,20,21);1,5-6,11H,4,7-10,19H2,2H3,(H,20,21);1,6-7,10,18H,5,8-9H2,2-3H3,(H,19,20);5-6,9H,3-4,7-8,17H2,1-2H3,(H,18,19);1,5-6,9H,4,7-8,17H2,2H3,(H,18,19). The summed E-state index contributed by atoms with van der Waals surface area (Å²) >= 11 is 0. The molecule has 0 aliphatic heterocycles. The fourth-order valence-electron chi connectivity index (χ4n) is 17.8. The van der Waals surface area contributed by atoms with Crippen LogP contribution in [0.5, 0.6) is 0 Å². The number of methoxy groups -OCH3 is 2. The summed E-state index contributed by atoms with van der Waals surface area (Å²) < 4.78 is 21.1. The molecule has 0 radical (unpaired) electrons. The number of terminal acetylenes is 3. The number of aryl methyl sites for hydroxylation is 14. The summed E-state index contributed by atoms with van der Waals surface area (Å²) in [5.41, 5.74) is 48.6. The van der Waals surface area contributed by atoms with E-state index in [1.54, 1.807) is 23.4 Å². The van der Waals surface area contributed by atoms with Crippen LogP contribution in [0.15, 0.2) is 138 Å².